The van der Waals surface area contributed by atoms with E-state index in [0.717, 1.165) is 20.4 Å². The van der Waals surface area contributed by atoms with Gasteiger partial charge >= 0.3 is 0 Å². The van der Waals surface area contributed by atoms with E-state index in [0.29, 0.717) is 18.0 Å². The van der Waals surface area contributed by atoms with Crippen molar-refractivity contribution in [3.63, 3.8) is 0 Å². The number of rotatable bonds is 7. The quantitative estimate of drug-likeness (QED) is 0.244. The van der Waals surface area contributed by atoms with E-state index in [1.807, 2.05) is 49.4 Å². The van der Waals surface area contributed by atoms with E-state index in [2.05, 4.69) is 34.0 Å². The first-order chi connectivity index (χ1) is 15.0. The van der Waals surface area contributed by atoms with E-state index in [4.69, 9.17) is 9.47 Å². The Morgan fingerprint density at radius 1 is 1.13 bits per heavy atom. The van der Waals surface area contributed by atoms with Crippen molar-refractivity contribution in [3.8, 4) is 17.6 Å². The summed E-state index contributed by atoms with van der Waals surface area (Å²) in [6, 6.07) is 22.6. The monoisotopic (exact) mass is 524 g/mol. The van der Waals surface area contributed by atoms with Crippen LogP contribution < -0.4 is 14.8 Å². The Balaban J connectivity index is 1.69. The lowest BCUT2D eigenvalue weighted by Crippen LogP contribution is -2.13. The van der Waals surface area contributed by atoms with E-state index in [1.54, 1.807) is 37.5 Å². The Bertz CT molecular complexity index is 1150. The van der Waals surface area contributed by atoms with Crippen molar-refractivity contribution in [2.24, 2.45) is 0 Å². The molecular formula is C25H21IN2O3. The minimum atomic E-state index is -0.470. The maximum Gasteiger partial charge on any atom is 0.266 e. The predicted octanol–water partition coefficient (Wildman–Crippen LogP) is 5.73. The zero-order valence-electron chi connectivity index (χ0n) is 17.2. The van der Waals surface area contributed by atoms with Crippen molar-refractivity contribution in [1.82, 2.24) is 0 Å². The molecule has 1 amide bonds. The average Bonchev–Trinajstić information content (AvgIpc) is 2.77. The molecule has 5 nitrogen and oxygen atoms in total. The molecule has 0 aliphatic rings. The van der Waals surface area contributed by atoms with Gasteiger partial charge in [0, 0.05) is 5.69 Å². The molecule has 3 aromatic rings. The van der Waals surface area contributed by atoms with Crippen LogP contribution in [-0.2, 0) is 11.4 Å². The molecule has 0 aliphatic heterocycles. The third-order valence-electron chi connectivity index (χ3n) is 4.46. The standard InChI is InChI=1S/C25H21IN2O3/c1-17-4-3-5-19(12-17)16-31-24-11-6-18(14-23(24)26)13-20(15-27)25(29)28-21-7-9-22(30-2)10-8-21/h3-14H,16H2,1-2H3,(H,28,29)/b20-13-. The lowest BCUT2D eigenvalue weighted by atomic mass is 10.1. The Hall–Kier alpha value is -3.31. The van der Waals surface area contributed by atoms with Gasteiger partial charge in [-0.05, 0) is 83.1 Å². The average molecular weight is 524 g/mol. The Kier molecular flexibility index (Phi) is 7.68. The highest BCUT2D eigenvalue weighted by molar-refractivity contribution is 14.1. The Morgan fingerprint density at radius 2 is 1.90 bits per heavy atom. The number of hydrogen-bond acceptors (Lipinski definition) is 4. The lowest BCUT2D eigenvalue weighted by Gasteiger charge is -2.10. The molecule has 0 aromatic heterocycles. The number of anilines is 1. The van der Waals surface area contributed by atoms with Crippen molar-refractivity contribution >= 4 is 40.3 Å². The number of methoxy groups -OCH3 is 1. The first-order valence-corrected chi connectivity index (χ1v) is 10.6. The van der Waals surface area contributed by atoms with Gasteiger partial charge in [-0.25, -0.2) is 0 Å². The van der Waals surface area contributed by atoms with Gasteiger partial charge in [0.2, 0.25) is 0 Å². The van der Waals surface area contributed by atoms with Crippen molar-refractivity contribution in [2.75, 3.05) is 12.4 Å². The first-order valence-electron chi connectivity index (χ1n) is 9.53. The lowest BCUT2D eigenvalue weighted by molar-refractivity contribution is -0.112. The number of nitrogens with zero attached hydrogens (tertiary/aromatic N) is 1. The molecule has 0 bridgehead atoms. The fourth-order valence-corrected chi connectivity index (χ4v) is 3.57. The van der Waals surface area contributed by atoms with Gasteiger partial charge in [0.05, 0.1) is 10.7 Å². The van der Waals surface area contributed by atoms with Gasteiger partial charge in [-0.1, -0.05) is 35.9 Å². The molecule has 0 unspecified atom stereocenters. The van der Waals surface area contributed by atoms with E-state index >= 15 is 0 Å². The highest BCUT2D eigenvalue weighted by atomic mass is 127. The molecule has 3 aromatic carbocycles. The second-order valence-electron chi connectivity index (χ2n) is 6.82. The molecule has 1 N–H and O–H groups in total. The number of halogens is 1. The zero-order chi connectivity index (χ0) is 22.2. The first kappa shape index (κ1) is 22.4. The fraction of sp³-hybridized carbons (Fsp3) is 0.120. The highest BCUT2D eigenvalue weighted by Crippen LogP contribution is 2.25. The van der Waals surface area contributed by atoms with Crippen molar-refractivity contribution in [3.05, 3.63) is 92.6 Å². The fourth-order valence-electron chi connectivity index (χ4n) is 2.87. The van der Waals surface area contributed by atoms with Gasteiger partial charge in [-0.15, -0.1) is 0 Å². The number of hydrogen-bond donors (Lipinski definition) is 1. The summed E-state index contributed by atoms with van der Waals surface area (Å²) in [6.07, 6.45) is 1.56. The molecule has 31 heavy (non-hydrogen) atoms. The van der Waals surface area contributed by atoms with Crippen LogP contribution >= 0.6 is 22.6 Å². The molecule has 156 valence electrons. The summed E-state index contributed by atoms with van der Waals surface area (Å²) in [5.74, 6) is 0.969. The molecule has 0 heterocycles. The predicted molar refractivity (Wildman–Crippen MR) is 130 cm³/mol. The molecule has 6 heteroatoms. The number of carbonyl (C=O) groups excluding carboxylic acids is 1. The third-order valence-corrected chi connectivity index (χ3v) is 5.30. The summed E-state index contributed by atoms with van der Waals surface area (Å²) < 4.78 is 11.9. The van der Waals surface area contributed by atoms with Crippen LogP contribution in [0.25, 0.3) is 6.08 Å². The van der Waals surface area contributed by atoms with Crippen LogP contribution in [-0.4, -0.2) is 13.0 Å². The van der Waals surface area contributed by atoms with E-state index < -0.39 is 5.91 Å². The number of nitrogens with one attached hydrogen (secondary N) is 1. The summed E-state index contributed by atoms with van der Waals surface area (Å²) >= 11 is 2.19. The summed E-state index contributed by atoms with van der Waals surface area (Å²) in [5.41, 5.74) is 3.63. The van der Waals surface area contributed by atoms with Crippen molar-refractivity contribution in [2.45, 2.75) is 13.5 Å². The Labute approximate surface area is 195 Å². The van der Waals surface area contributed by atoms with E-state index in [1.165, 1.54) is 5.56 Å². The van der Waals surface area contributed by atoms with Crippen LogP contribution in [0.1, 0.15) is 16.7 Å². The third kappa shape index (κ3) is 6.33. The number of nitriles is 1. The van der Waals surface area contributed by atoms with E-state index in [9.17, 15) is 10.1 Å². The SMILES string of the molecule is COc1ccc(NC(=O)/C(C#N)=C\c2ccc(OCc3cccc(C)c3)c(I)c2)cc1. The van der Waals surface area contributed by atoms with Crippen LogP contribution in [0, 0.1) is 21.8 Å². The molecule has 0 fully saturated rings. The molecular weight excluding hydrogens is 503 g/mol. The summed E-state index contributed by atoms with van der Waals surface area (Å²) in [6.45, 7) is 2.52. The molecule has 0 spiro atoms. The second kappa shape index (κ2) is 10.6. The number of ether oxygens (including phenoxy) is 2. The Morgan fingerprint density at radius 3 is 2.55 bits per heavy atom. The van der Waals surface area contributed by atoms with Crippen LogP contribution in [0.4, 0.5) is 5.69 Å². The smallest absolute Gasteiger partial charge is 0.266 e. The van der Waals surface area contributed by atoms with Crippen molar-refractivity contribution in [1.29, 1.82) is 5.26 Å². The van der Waals surface area contributed by atoms with Gasteiger partial charge in [-0.2, -0.15) is 5.26 Å². The normalized spacial score (nSPS) is 10.8. The zero-order valence-corrected chi connectivity index (χ0v) is 19.3. The molecule has 0 saturated carbocycles. The number of aryl methyl sites for hydroxylation is 1. The molecule has 0 atom stereocenters. The maximum atomic E-state index is 12.5. The van der Waals surface area contributed by atoms with Crippen LogP contribution in [0.3, 0.4) is 0 Å². The van der Waals surface area contributed by atoms with Gasteiger partial charge in [0.15, 0.2) is 0 Å². The van der Waals surface area contributed by atoms with Gasteiger partial charge in [0.1, 0.15) is 29.7 Å². The molecule has 0 radical (unpaired) electrons. The second-order valence-corrected chi connectivity index (χ2v) is 7.98. The number of benzene rings is 3. The molecule has 0 aliphatic carbocycles. The van der Waals surface area contributed by atoms with Gasteiger partial charge in [0.25, 0.3) is 5.91 Å². The topological polar surface area (TPSA) is 71.3 Å². The maximum absolute atomic E-state index is 12.5. The van der Waals surface area contributed by atoms with Gasteiger partial charge in [-0.3, -0.25) is 4.79 Å². The minimum Gasteiger partial charge on any atom is -0.497 e. The van der Waals surface area contributed by atoms with Crippen LogP contribution in [0.15, 0.2) is 72.3 Å². The van der Waals surface area contributed by atoms with Gasteiger partial charge < -0.3 is 14.8 Å². The van der Waals surface area contributed by atoms with Crippen molar-refractivity contribution < 1.29 is 14.3 Å². The number of carbonyl (C=O) groups is 1. The number of amides is 1. The highest BCUT2D eigenvalue weighted by Gasteiger charge is 2.11. The summed E-state index contributed by atoms with van der Waals surface area (Å²) in [5, 5.41) is 12.2. The minimum absolute atomic E-state index is 0.0139. The molecule has 3 rings (SSSR count). The molecule has 0 saturated heterocycles. The van der Waals surface area contributed by atoms with Crippen LogP contribution in [0.2, 0.25) is 0 Å². The van der Waals surface area contributed by atoms with Crippen LogP contribution in [0.5, 0.6) is 11.5 Å². The summed E-state index contributed by atoms with van der Waals surface area (Å²) in [4.78, 5) is 12.5. The van der Waals surface area contributed by atoms with E-state index in [-0.39, 0.29) is 5.57 Å². The largest absolute Gasteiger partial charge is 0.497 e. The summed E-state index contributed by atoms with van der Waals surface area (Å²) in [7, 11) is 1.57.